The van der Waals surface area contributed by atoms with Crippen molar-refractivity contribution in [3.8, 4) is 29.5 Å². The molecular weight excluding hydrogens is 474 g/mol. The van der Waals surface area contributed by atoms with E-state index >= 15 is 0 Å². The van der Waals surface area contributed by atoms with Gasteiger partial charge < -0.3 is 19.9 Å². The summed E-state index contributed by atoms with van der Waals surface area (Å²) in [6.07, 6.45) is 0. The van der Waals surface area contributed by atoms with Gasteiger partial charge in [0.2, 0.25) is 11.8 Å². The minimum atomic E-state index is -0.501. The second-order valence-corrected chi connectivity index (χ2v) is 7.93. The molecule has 0 radical (unpaired) electrons. The maximum Gasteiger partial charge on any atom is 0.244 e. The van der Waals surface area contributed by atoms with Crippen molar-refractivity contribution in [3.63, 3.8) is 0 Å². The van der Waals surface area contributed by atoms with E-state index in [9.17, 15) is 10.5 Å². The van der Waals surface area contributed by atoms with Gasteiger partial charge in [-0.2, -0.15) is 10.5 Å². The molecule has 0 saturated heterocycles. The summed E-state index contributed by atoms with van der Waals surface area (Å²) < 4.78 is 17.8. The number of hydrogen-bond donors (Lipinski definition) is 2. The molecule has 0 aliphatic carbocycles. The number of allylic oxidation sites excluding steroid dienone is 1. The molecule has 3 aromatic rings. The van der Waals surface area contributed by atoms with E-state index in [2.05, 4.69) is 38.3 Å². The van der Waals surface area contributed by atoms with Gasteiger partial charge in [0.05, 0.1) is 24.7 Å². The number of aromatic nitrogens is 2. The molecule has 0 saturated carbocycles. The Morgan fingerprint density at radius 2 is 2.00 bits per heavy atom. The lowest BCUT2D eigenvalue weighted by atomic mass is 9.84. The third-order valence-electron chi connectivity index (χ3n) is 5.24. The van der Waals surface area contributed by atoms with Gasteiger partial charge in [0.25, 0.3) is 0 Å². The first-order valence-electron chi connectivity index (χ1n) is 9.59. The lowest BCUT2D eigenvalue weighted by Crippen LogP contribution is -2.21. The van der Waals surface area contributed by atoms with E-state index in [-0.39, 0.29) is 18.1 Å². The number of hydrogen-bond acceptors (Lipinski definition) is 7. The van der Waals surface area contributed by atoms with Crippen LogP contribution < -0.4 is 19.9 Å². The van der Waals surface area contributed by atoms with Gasteiger partial charge in [-0.3, -0.25) is 5.10 Å². The zero-order valence-corrected chi connectivity index (χ0v) is 18.9. The van der Waals surface area contributed by atoms with Crippen LogP contribution in [0.2, 0.25) is 0 Å². The van der Waals surface area contributed by atoms with Gasteiger partial charge in [-0.1, -0.05) is 34.1 Å². The molecule has 4 rings (SSSR count). The fraction of sp³-hybridized carbons (Fsp3) is 0.174. The SMILES string of the molecule is COc1cc([C@H]2C(C#N)=C(N)Oc3n[nH]c(C)c32)c(Br)cc1OCc1ccccc1C#N. The largest absolute Gasteiger partial charge is 0.493 e. The molecule has 1 aliphatic rings. The van der Waals surface area contributed by atoms with Crippen LogP contribution in [0.25, 0.3) is 0 Å². The van der Waals surface area contributed by atoms with E-state index in [1.807, 2.05) is 19.1 Å². The molecule has 0 unspecified atom stereocenters. The van der Waals surface area contributed by atoms with E-state index in [4.69, 9.17) is 19.9 Å². The number of H-pyrrole nitrogens is 1. The maximum atomic E-state index is 9.78. The maximum absolute atomic E-state index is 9.78. The molecule has 0 bridgehead atoms. The summed E-state index contributed by atoms with van der Waals surface area (Å²) in [6, 6.07) is 15.1. The minimum absolute atomic E-state index is 0.0100. The van der Waals surface area contributed by atoms with Gasteiger partial charge in [-0.15, -0.1) is 5.10 Å². The predicted molar refractivity (Wildman–Crippen MR) is 119 cm³/mol. The molecular formula is C23H18BrN5O3. The summed E-state index contributed by atoms with van der Waals surface area (Å²) in [7, 11) is 1.54. The summed E-state index contributed by atoms with van der Waals surface area (Å²) in [5, 5.41) is 26.1. The second kappa shape index (κ2) is 8.66. The Morgan fingerprint density at radius 3 is 2.72 bits per heavy atom. The van der Waals surface area contributed by atoms with Gasteiger partial charge in [0.1, 0.15) is 18.2 Å². The van der Waals surface area contributed by atoms with Crippen molar-refractivity contribution in [1.29, 1.82) is 10.5 Å². The third kappa shape index (κ3) is 3.64. The lowest BCUT2D eigenvalue weighted by molar-refractivity contribution is 0.283. The zero-order valence-electron chi connectivity index (χ0n) is 17.3. The average Bonchev–Trinajstić information content (AvgIpc) is 3.17. The van der Waals surface area contributed by atoms with Crippen molar-refractivity contribution in [2.45, 2.75) is 19.4 Å². The summed E-state index contributed by atoms with van der Waals surface area (Å²) in [5.74, 6) is 0.809. The molecule has 8 nitrogen and oxygen atoms in total. The van der Waals surface area contributed by atoms with Crippen LogP contribution in [0.1, 0.15) is 33.9 Å². The fourth-order valence-electron chi connectivity index (χ4n) is 3.66. The van der Waals surface area contributed by atoms with Gasteiger partial charge in [0.15, 0.2) is 11.5 Å². The van der Waals surface area contributed by atoms with Crippen molar-refractivity contribution in [2.75, 3.05) is 7.11 Å². The molecule has 0 fully saturated rings. The first-order valence-corrected chi connectivity index (χ1v) is 10.4. The quantitative estimate of drug-likeness (QED) is 0.547. The first kappa shape index (κ1) is 21.3. The normalized spacial score (nSPS) is 14.7. The summed E-state index contributed by atoms with van der Waals surface area (Å²) in [4.78, 5) is 0. The topological polar surface area (TPSA) is 130 Å². The molecule has 1 aromatic heterocycles. The Kier molecular flexibility index (Phi) is 5.76. The number of nitriles is 2. The van der Waals surface area contributed by atoms with Crippen molar-refractivity contribution in [3.05, 3.63) is 80.3 Å². The van der Waals surface area contributed by atoms with Crippen LogP contribution in [0.4, 0.5) is 0 Å². The van der Waals surface area contributed by atoms with Crippen LogP contribution in [0.5, 0.6) is 17.4 Å². The number of rotatable bonds is 5. The van der Waals surface area contributed by atoms with Gasteiger partial charge in [-0.05, 0) is 30.7 Å². The summed E-state index contributed by atoms with van der Waals surface area (Å²) in [5.41, 5.74) is 9.86. The molecule has 0 spiro atoms. The Morgan fingerprint density at radius 1 is 1.22 bits per heavy atom. The van der Waals surface area contributed by atoms with E-state index in [0.717, 1.165) is 22.4 Å². The molecule has 2 aromatic carbocycles. The number of benzene rings is 2. The monoisotopic (exact) mass is 491 g/mol. The van der Waals surface area contributed by atoms with Gasteiger partial charge >= 0.3 is 0 Å². The number of aryl methyl sites for hydroxylation is 1. The molecule has 160 valence electrons. The van der Waals surface area contributed by atoms with E-state index in [1.54, 1.807) is 24.3 Å². The van der Waals surface area contributed by atoms with Crippen molar-refractivity contribution >= 4 is 15.9 Å². The van der Waals surface area contributed by atoms with E-state index in [0.29, 0.717) is 27.4 Å². The van der Waals surface area contributed by atoms with E-state index < -0.39 is 5.92 Å². The molecule has 2 heterocycles. The van der Waals surface area contributed by atoms with Gasteiger partial charge in [-0.25, -0.2) is 0 Å². The summed E-state index contributed by atoms with van der Waals surface area (Å²) >= 11 is 3.61. The van der Waals surface area contributed by atoms with Gasteiger partial charge in [0, 0.05) is 21.3 Å². The first-order chi connectivity index (χ1) is 15.5. The highest BCUT2D eigenvalue weighted by Gasteiger charge is 2.36. The Bertz CT molecular complexity index is 1320. The number of nitrogens with zero attached hydrogens (tertiary/aromatic N) is 3. The van der Waals surface area contributed by atoms with Crippen LogP contribution in [-0.2, 0) is 6.61 Å². The minimum Gasteiger partial charge on any atom is -0.493 e. The number of methoxy groups -OCH3 is 1. The standard InChI is InChI=1S/C23H18BrN5O3/c1-12-20-21(16(10-26)22(27)32-23(20)29-28-12)15-7-18(30-2)19(8-17(15)24)31-11-14-6-4-3-5-13(14)9-25/h3-8,21H,11,27H2,1-2H3,(H,28,29)/t21-/m0/s1. The third-order valence-corrected chi connectivity index (χ3v) is 5.93. The highest BCUT2D eigenvalue weighted by atomic mass is 79.9. The molecule has 32 heavy (non-hydrogen) atoms. The van der Waals surface area contributed by atoms with Crippen LogP contribution in [-0.4, -0.2) is 17.3 Å². The Labute approximate surface area is 193 Å². The zero-order chi connectivity index (χ0) is 22.8. The van der Waals surface area contributed by atoms with Crippen LogP contribution >= 0.6 is 15.9 Å². The molecule has 1 aliphatic heterocycles. The highest BCUT2D eigenvalue weighted by molar-refractivity contribution is 9.10. The average molecular weight is 492 g/mol. The number of aromatic amines is 1. The fourth-order valence-corrected chi connectivity index (χ4v) is 4.22. The highest BCUT2D eigenvalue weighted by Crippen LogP contribution is 2.47. The van der Waals surface area contributed by atoms with Crippen LogP contribution in [0, 0.1) is 29.6 Å². The number of fused-ring (bicyclic) bond motifs is 1. The molecule has 1 atom stereocenters. The number of ether oxygens (including phenoxy) is 3. The van der Waals surface area contributed by atoms with Crippen molar-refractivity contribution in [2.24, 2.45) is 5.73 Å². The molecule has 0 amide bonds. The predicted octanol–water partition coefficient (Wildman–Crippen LogP) is 4.16. The van der Waals surface area contributed by atoms with Crippen molar-refractivity contribution in [1.82, 2.24) is 10.2 Å². The second-order valence-electron chi connectivity index (χ2n) is 7.07. The van der Waals surface area contributed by atoms with E-state index in [1.165, 1.54) is 7.11 Å². The Balaban J connectivity index is 1.75. The van der Waals surface area contributed by atoms with Crippen molar-refractivity contribution < 1.29 is 14.2 Å². The molecule has 3 N–H and O–H groups in total. The smallest absolute Gasteiger partial charge is 0.244 e. The summed E-state index contributed by atoms with van der Waals surface area (Å²) in [6.45, 7) is 2.05. The van der Waals surface area contributed by atoms with Crippen LogP contribution in [0.3, 0.4) is 0 Å². The molecule has 9 heteroatoms. The lowest BCUT2D eigenvalue weighted by Gasteiger charge is -2.25. The van der Waals surface area contributed by atoms with Crippen LogP contribution in [0.15, 0.2) is 52.3 Å². The number of halogens is 1. The Hall–Kier alpha value is -3.95. The number of nitrogens with two attached hydrogens (primary N) is 1. The number of nitrogens with one attached hydrogen (secondary N) is 1.